The number of halogens is 1. The molecule has 0 saturated carbocycles. The second-order valence-electron chi connectivity index (χ2n) is 9.40. The van der Waals surface area contributed by atoms with Gasteiger partial charge in [0.15, 0.2) is 17.3 Å². The third-order valence-electron chi connectivity index (χ3n) is 6.96. The lowest BCUT2D eigenvalue weighted by molar-refractivity contribution is 0.0662. The molecule has 0 N–H and O–H groups in total. The van der Waals surface area contributed by atoms with E-state index in [9.17, 15) is 9.59 Å². The first-order chi connectivity index (χ1) is 16.8. The minimum Gasteiger partial charge on any atom is -0.451 e. The zero-order valence-electron chi connectivity index (χ0n) is 19.8. The molecule has 1 amide bonds. The van der Waals surface area contributed by atoms with Crippen molar-refractivity contribution in [2.75, 3.05) is 52.2 Å². The number of carbonyl (C=O) groups excluding carboxylic acids is 1. The number of aromatic nitrogens is 1. The van der Waals surface area contributed by atoms with Gasteiger partial charge in [-0.1, -0.05) is 30.3 Å². The van der Waals surface area contributed by atoms with Gasteiger partial charge in [0.05, 0.1) is 11.1 Å². The highest BCUT2D eigenvalue weighted by molar-refractivity contribution is 6.04. The Morgan fingerprint density at radius 1 is 1.03 bits per heavy atom. The molecule has 35 heavy (non-hydrogen) atoms. The molecule has 0 spiro atoms. The molecule has 7 nitrogen and oxygen atoms in total. The van der Waals surface area contributed by atoms with E-state index in [-0.39, 0.29) is 28.3 Å². The van der Waals surface area contributed by atoms with Gasteiger partial charge in [-0.25, -0.2) is 4.39 Å². The Labute approximate surface area is 201 Å². The lowest BCUT2D eigenvalue weighted by Crippen LogP contribution is -2.48. The van der Waals surface area contributed by atoms with Gasteiger partial charge in [-0.3, -0.25) is 9.59 Å². The second-order valence-corrected chi connectivity index (χ2v) is 9.40. The number of hydrogen-bond acceptors (Lipinski definition) is 5. The Kier molecular flexibility index (Phi) is 4.82. The van der Waals surface area contributed by atoms with Crippen LogP contribution in [0, 0.1) is 5.82 Å². The molecule has 8 heteroatoms. The molecule has 0 atom stereocenters. The summed E-state index contributed by atoms with van der Waals surface area (Å²) in [6.45, 7) is 2.54. The molecule has 2 aliphatic heterocycles. The predicted molar refractivity (Wildman–Crippen MR) is 135 cm³/mol. The standard InChI is InChI=1S/C27H25FN4O3/c1-29(2)24-20(28)14-18-23-26(24)35-21-9-8-16-6-4-5-7-17(16)22(21)32(23)15-19(25(18)33)27(34)31-12-10-30(3)11-13-31/h4-9,14-15H,10-13H2,1-3H3. The summed E-state index contributed by atoms with van der Waals surface area (Å²) in [4.78, 5) is 32.6. The molecule has 4 aromatic rings. The topological polar surface area (TPSA) is 58.0 Å². The Balaban J connectivity index is 1.69. The van der Waals surface area contributed by atoms with E-state index in [1.165, 1.54) is 6.07 Å². The van der Waals surface area contributed by atoms with Gasteiger partial charge in [-0.15, -0.1) is 0 Å². The Morgan fingerprint density at radius 2 is 1.77 bits per heavy atom. The number of benzene rings is 3. The first-order valence-electron chi connectivity index (χ1n) is 11.6. The van der Waals surface area contributed by atoms with Crippen molar-refractivity contribution in [3.63, 3.8) is 0 Å². The van der Waals surface area contributed by atoms with Crippen molar-refractivity contribution < 1.29 is 13.9 Å². The van der Waals surface area contributed by atoms with Gasteiger partial charge in [0.1, 0.15) is 16.8 Å². The van der Waals surface area contributed by atoms with Gasteiger partial charge < -0.3 is 24.0 Å². The number of amides is 1. The fourth-order valence-electron chi connectivity index (χ4n) is 5.11. The number of anilines is 1. The van der Waals surface area contributed by atoms with Crippen LogP contribution in [-0.2, 0) is 0 Å². The van der Waals surface area contributed by atoms with Gasteiger partial charge in [0, 0.05) is 51.9 Å². The van der Waals surface area contributed by atoms with Crippen LogP contribution in [0.3, 0.4) is 0 Å². The van der Waals surface area contributed by atoms with E-state index in [0.29, 0.717) is 24.4 Å². The molecule has 0 radical (unpaired) electrons. The molecule has 2 aliphatic rings. The van der Waals surface area contributed by atoms with E-state index in [0.717, 1.165) is 29.5 Å². The number of nitrogens with zero attached hydrogens (tertiary/aromatic N) is 4. The molecule has 0 bridgehead atoms. The molecule has 0 aliphatic carbocycles. The molecular formula is C27H25FN4O3. The van der Waals surface area contributed by atoms with Crippen LogP contribution in [0.1, 0.15) is 10.4 Å². The highest BCUT2D eigenvalue weighted by atomic mass is 19.1. The first kappa shape index (κ1) is 21.6. The number of rotatable bonds is 2. The van der Waals surface area contributed by atoms with Crippen LogP contribution in [0.15, 0.2) is 53.5 Å². The van der Waals surface area contributed by atoms with E-state index >= 15 is 4.39 Å². The van der Waals surface area contributed by atoms with Crippen LogP contribution in [0.2, 0.25) is 0 Å². The number of fused-ring (bicyclic) bond motifs is 4. The molecule has 3 heterocycles. The number of carbonyl (C=O) groups is 1. The van der Waals surface area contributed by atoms with Crippen LogP contribution < -0.4 is 15.1 Å². The quantitative estimate of drug-likeness (QED) is 0.391. The third-order valence-corrected chi connectivity index (χ3v) is 6.96. The zero-order chi connectivity index (χ0) is 24.4. The van der Waals surface area contributed by atoms with Crippen LogP contribution in [0.5, 0.6) is 11.5 Å². The minimum atomic E-state index is -0.574. The maximum absolute atomic E-state index is 15.3. The number of hydrogen-bond donors (Lipinski definition) is 0. The summed E-state index contributed by atoms with van der Waals surface area (Å²) in [6.07, 6.45) is 1.61. The highest BCUT2D eigenvalue weighted by Crippen LogP contribution is 2.47. The van der Waals surface area contributed by atoms with Crippen molar-refractivity contribution in [2.45, 2.75) is 0 Å². The van der Waals surface area contributed by atoms with Crippen molar-refractivity contribution in [1.29, 1.82) is 0 Å². The van der Waals surface area contributed by atoms with Crippen LogP contribution in [0.4, 0.5) is 10.1 Å². The third kappa shape index (κ3) is 3.20. The predicted octanol–water partition coefficient (Wildman–Crippen LogP) is 3.84. The lowest BCUT2D eigenvalue weighted by Gasteiger charge is -2.33. The summed E-state index contributed by atoms with van der Waals surface area (Å²) in [6, 6.07) is 12.9. The van der Waals surface area contributed by atoms with Crippen LogP contribution in [-0.4, -0.2) is 67.6 Å². The van der Waals surface area contributed by atoms with E-state index in [1.54, 1.807) is 30.1 Å². The van der Waals surface area contributed by atoms with Gasteiger partial charge in [-0.2, -0.15) is 0 Å². The summed E-state index contributed by atoms with van der Waals surface area (Å²) in [5, 5.41) is 2.03. The largest absolute Gasteiger partial charge is 0.451 e. The fraction of sp³-hybridized carbons (Fsp3) is 0.259. The van der Waals surface area contributed by atoms with E-state index in [2.05, 4.69) is 4.90 Å². The normalized spacial score (nSPS) is 15.3. The van der Waals surface area contributed by atoms with E-state index in [4.69, 9.17) is 4.74 Å². The summed E-state index contributed by atoms with van der Waals surface area (Å²) in [5.41, 5.74) is 0.981. The lowest BCUT2D eigenvalue weighted by atomic mass is 10.0. The Morgan fingerprint density at radius 3 is 2.51 bits per heavy atom. The summed E-state index contributed by atoms with van der Waals surface area (Å²) < 4.78 is 23.5. The van der Waals surface area contributed by atoms with Gasteiger partial charge in [0.25, 0.3) is 5.91 Å². The van der Waals surface area contributed by atoms with Gasteiger partial charge in [-0.05, 0) is 24.6 Å². The van der Waals surface area contributed by atoms with Crippen molar-refractivity contribution >= 4 is 33.3 Å². The Hall–Kier alpha value is -3.91. The molecule has 1 fully saturated rings. The van der Waals surface area contributed by atoms with E-state index in [1.807, 2.05) is 48.0 Å². The number of pyridine rings is 1. The molecule has 3 aromatic carbocycles. The first-order valence-corrected chi connectivity index (χ1v) is 11.6. The monoisotopic (exact) mass is 472 g/mol. The number of piperazine rings is 1. The van der Waals surface area contributed by atoms with Crippen molar-refractivity contribution in [2.24, 2.45) is 0 Å². The molecular weight excluding hydrogens is 447 g/mol. The maximum atomic E-state index is 15.3. The van der Waals surface area contributed by atoms with Crippen molar-refractivity contribution in [3.8, 4) is 17.2 Å². The average Bonchev–Trinajstić information content (AvgIpc) is 2.85. The molecule has 6 rings (SSSR count). The number of ether oxygens (including phenoxy) is 1. The number of likely N-dealkylation sites (N-methyl/N-ethyl adjacent to an activating group) is 1. The smallest absolute Gasteiger partial charge is 0.259 e. The van der Waals surface area contributed by atoms with Crippen molar-refractivity contribution in [3.05, 3.63) is 70.3 Å². The summed E-state index contributed by atoms with van der Waals surface area (Å²) in [7, 11) is 5.47. The minimum absolute atomic E-state index is 0.0331. The Bertz CT molecular complexity index is 1590. The van der Waals surface area contributed by atoms with Crippen LogP contribution in [0.25, 0.3) is 27.4 Å². The SMILES string of the molecule is CN1CCN(C(=O)c2cn3c4c(c(N(C)C)c(F)cc4c2=O)Oc2ccc4ccccc4c2-3)CC1. The van der Waals surface area contributed by atoms with Crippen LogP contribution >= 0.6 is 0 Å². The summed E-state index contributed by atoms with van der Waals surface area (Å²) in [5.74, 6) is -0.105. The molecule has 1 saturated heterocycles. The molecule has 0 unspecified atom stereocenters. The zero-order valence-corrected chi connectivity index (χ0v) is 19.8. The van der Waals surface area contributed by atoms with Gasteiger partial charge in [0.2, 0.25) is 5.43 Å². The highest BCUT2D eigenvalue weighted by Gasteiger charge is 2.31. The van der Waals surface area contributed by atoms with E-state index < -0.39 is 11.2 Å². The molecule has 178 valence electrons. The van der Waals surface area contributed by atoms with Gasteiger partial charge >= 0.3 is 0 Å². The average molecular weight is 473 g/mol. The maximum Gasteiger partial charge on any atom is 0.259 e. The fourth-order valence-corrected chi connectivity index (χ4v) is 5.11. The van der Waals surface area contributed by atoms with Crippen molar-refractivity contribution in [1.82, 2.24) is 14.4 Å². The molecule has 1 aromatic heterocycles. The summed E-state index contributed by atoms with van der Waals surface area (Å²) >= 11 is 0. The second kappa shape index (κ2) is 7.81.